The molecule has 0 amide bonds. The van der Waals surface area contributed by atoms with E-state index in [4.69, 9.17) is 9.57 Å². The van der Waals surface area contributed by atoms with Crippen LogP contribution in [0, 0.1) is 5.21 Å². The van der Waals surface area contributed by atoms with Gasteiger partial charge in [0.1, 0.15) is 5.75 Å². The predicted octanol–water partition coefficient (Wildman–Crippen LogP) is 2.86. The molecule has 0 heterocycles. The molecule has 6 heteroatoms. The van der Waals surface area contributed by atoms with Crippen LogP contribution < -0.4 is 4.74 Å². The first-order chi connectivity index (χ1) is 10.3. The minimum Gasteiger partial charge on any atom is -0.592 e. The van der Waals surface area contributed by atoms with Crippen molar-refractivity contribution in [3.8, 4) is 5.75 Å². The van der Waals surface area contributed by atoms with Gasteiger partial charge in [-0.3, -0.25) is 4.79 Å². The van der Waals surface area contributed by atoms with Crippen LogP contribution in [0.5, 0.6) is 5.75 Å². The SMILES string of the molecule is O=C(CO/N=[N+](\[O-])c1ccccc1)COc1ccccc1. The maximum atomic E-state index is 11.5. The number of benzene rings is 2. The summed E-state index contributed by atoms with van der Waals surface area (Å²) in [5, 5.41) is 14.8. The summed E-state index contributed by atoms with van der Waals surface area (Å²) in [6.07, 6.45) is 0. The highest BCUT2D eigenvalue weighted by Crippen LogP contribution is 2.10. The Morgan fingerprint density at radius 2 is 1.62 bits per heavy atom. The highest BCUT2D eigenvalue weighted by molar-refractivity contribution is 5.81. The number of ether oxygens (including phenoxy) is 1. The van der Waals surface area contributed by atoms with Crippen LogP contribution in [0.1, 0.15) is 0 Å². The third kappa shape index (κ3) is 4.94. The lowest BCUT2D eigenvalue weighted by atomic mass is 10.3. The number of nitrogens with zero attached hydrogens (tertiary/aromatic N) is 2. The summed E-state index contributed by atoms with van der Waals surface area (Å²) in [6.45, 7) is -0.456. The van der Waals surface area contributed by atoms with Crippen molar-refractivity contribution in [2.75, 3.05) is 13.2 Å². The molecule has 108 valence electrons. The van der Waals surface area contributed by atoms with E-state index in [1.807, 2.05) is 6.07 Å². The van der Waals surface area contributed by atoms with Crippen LogP contribution in [0.4, 0.5) is 5.69 Å². The largest absolute Gasteiger partial charge is 0.592 e. The molecule has 2 rings (SSSR count). The van der Waals surface area contributed by atoms with Gasteiger partial charge >= 0.3 is 0 Å². The first kappa shape index (κ1) is 14.5. The zero-order valence-electron chi connectivity index (χ0n) is 11.2. The van der Waals surface area contributed by atoms with Crippen molar-refractivity contribution < 1.29 is 19.2 Å². The normalized spacial score (nSPS) is 11.0. The van der Waals surface area contributed by atoms with Gasteiger partial charge in [-0.2, -0.15) is 0 Å². The molecule has 2 aromatic rings. The molecule has 0 unspecified atom stereocenters. The van der Waals surface area contributed by atoms with E-state index in [2.05, 4.69) is 5.28 Å². The van der Waals surface area contributed by atoms with Crippen molar-refractivity contribution >= 4 is 11.5 Å². The molecule has 0 fully saturated rings. The second kappa shape index (κ2) is 7.64. The Bertz CT molecular complexity index is 600. The topological polar surface area (TPSA) is 74.0 Å². The molecule has 2 aromatic carbocycles. The van der Waals surface area contributed by atoms with Crippen molar-refractivity contribution in [2.24, 2.45) is 5.28 Å². The van der Waals surface area contributed by atoms with E-state index in [-0.39, 0.29) is 19.0 Å². The molecule has 0 atom stereocenters. The maximum Gasteiger partial charge on any atom is 0.248 e. The molecule has 6 nitrogen and oxygen atoms in total. The number of rotatable bonds is 7. The fraction of sp³-hybridized carbons (Fsp3) is 0.133. The van der Waals surface area contributed by atoms with Gasteiger partial charge in [-0.25, -0.2) is 0 Å². The Morgan fingerprint density at radius 1 is 1.00 bits per heavy atom. The lowest BCUT2D eigenvalue weighted by molar-refractivity contribution is -0.477. The van der Waals surface area contributed by atoms with Gasteiger partial charge in [0, 0.05) is 12.1 Å². The molecule has 0 aliphatic carbocycles. The summed E-state index contributed by atoms with van der Waals surface area (Å²) < 4.78 is 5.25. The summed E-state index contributed by atoms with van der Waals surface area (Å²) in [4.78, 5) is 16.5. The van der Waals surface area contributed by atoms with Gasteiger partial charge in [-0.15, -0.1) is 0 Å². The van der Waals surface area contributed by atoms with Crippen LogP contribution >= 0.6 is 0 Å². The lowest BCUT2D eigenvalue weighted by Crippen LogP contribution is -2.16. The third-order valence-electron chi connectivity index (χ3n) is 2.48. The average Bonchev–Trinajstić information content (AvgIpc) is 2.54. The Kier molecular flexibility index (Phi) is 5.28. The van der Waals surface area contributed by atoms with E-state index in [1.54, 1.807) is 54.6 Å². The quantitative estimate of drug-likeness (QED) is 0.445. The van der Waals surface area contributed by atoms with Gasteiger partial charge in [0.05, 0.1) is 0 Å². The second-order valence-electron chi connectivity index (χ2n) is 4.10. The Hall–Kier alpha value is -2.89. The molecular weight excluding hydrogens is 272 g/mol. The molecule has 0 aromatic heterocycles. The van der Waals surface area contributed by atoms with E-state index in [9.17, 15) is 10.0 Å². The van der Waals surface area contributed by atoms with Gasteiger partial charge < -0.3 is 14.8 Å². The van der Waals surface area contributed by atoms with E-state index in [1.165, 1.54) is 0 Å². The standard InChI is InChI=1S/C15H14N2O4/c18-14(11-20-15-9-5-2-6-10-15)12-21-16-17(19)13-7-3-1-4-8-13/h1-10H,11-12H2/b17-16-. The van der Waals surface area contributed by atoms with Crippen molar-refractivity contribution in [1.29, 1.82) is 0 Å². The Morgan fingerprint density at radius 3 is 2.29 bits per heavy atom. The molecular formula is C15H14N2O4. The highest BCUT2D eigenvalue weighted by Gasteiger charge is 2.06. The number of Topliss-reactive ketones (excluding diaryl/α,β-unsaturated/α-hetero) is 1. The molecule has 0 saturated heterocycles. The highest BCUT2D eigenvalue weighted by atomic mass is 16.7. The number of carbonyl (C=O) groups excluding carboxylic acids is 1. The average molecular weight is 286 g/mol. The van der Waals surface area contributed by atoms with Crippen LogP contribution in [0.3, 0.4) is 0 Å². The fourth-order valence-electron chi connectivity index (χ4n) is 1.48. The summed E-state index contributed by atoms with van der Waals surface area (Å²) in [5.74, 6) is 0.279. The van der Waals surface area contributed by atoms with Crippen molar-refractivity contribution in [1.82, 2.24) is 0 Å². The maximum absolute atomic E-state index is 11.5. The number of hydrogen-bond acceptors (Lipinski definition) is 5. The van der Waals surface area contributed by atoms with E-state index in [0.717, 1.165) is 0 Å². The second-order valence-corrected chi connectivity index (χ2v) is 4.10. The molecule has 0 spiro atoms. The number of ketones is 1. The summed E-state index contributed by atoms with van der Waals surface area (Å²) in [6, 6.07) is 17.3. The molecule has 0 aliphatic rings. The molecule has 0 saturated carbocycles. The summed E-state index contributed by atoms with van der Waals surface area (Å²) >= 11 is 0. The van der Waals surface area contributed by atoms with Gasteiger partial charge in [0.15, 0.2) is 13.2 Å². The van der Waals surface area contributed by atoms with Crippen molar-refractivity contribution in [3.05, 3.63) is 65.9 Å². The molecule has 21 heavy (non-hydrogen) atoms. The van der Waals surface area contributed by atoms with Crippen LogP contribution in [0.2, 0.25) is 0 Å². The molecule has 0 aliphatic heterocycles. The van der Waals surface area contributed by atoms with Crippen LogP contribution in [-0.2, 0) is 9.63 Å². The summed E-state index contributed by atoms with van der Waals surface area (Å²) in [7, 11) is 0. The van der Waals surface area contributed by atoms with Gasteiger partial charge in [-0.1, -0.05) is 36.4 Å². The minimum absolute atomic E-state index is 0.135. The molecule has 0 N–H and O–H groups in total. The van der Waals surface area contributed by atoms with E-state index >= 15 is 0 Å². The first-order valence-corrected chi connectivity index (χ1v) is 6.30. The first-order valence-electron chi connectivity index (χ1n) is 6.30. The van der Waals surface area contributed by atoms with Crippen LogP contribution in [-0.4, -0.2) is 23.9 Å². The van der Waals surface area contributed by atoms with Gasteiger partial charge in [-0.05, 0) is 17.0 Å². The Labute approximate surface area is 121 Å². The van der Waals surface area contributed by atoms with Crippen molar-refractivity contribution in [2.45, 2.75) is 0 Å². The van der Waals surface area contributed by atoms with E-state index < -0.39 is 0 Å². The van der Waals surface area contributed by atoms with Crippen molar-refractivity contribution in [3.63, 3.8) is 0 Å². The smallest absolute Gasteiger partial charge is 0.248 e. The predicted molar refractivity (Wildman–Crippen MR) is 75.1 cm³/mol. The van der Waals surface area contributed by atoms with Crippen LogP contribution in [0.25, 0.3) is 0 Å². The lowest BCUT2D eigenvalue weighted by Gasteiger charge is -2.04. The monoisotopic (exact) mass is 286 g/mol. The van der Waals surface area contributed by atoms with E-state index in [0.29, 0.717) is 16.3 Å². The fourth-order valence-corrected chi connectivity index (χ4v) is 1.48. The molecule has 0 radical (unpaired) electrons. The Balaban J connectivity index is 1.74. The number of para-hydroxylation sites is 2. The number of hydrogen-bond donors (Lipinski definition) is 0. The zero-order chi connectivity index (χ0) is 14.9. The zero-order valence-corrected chi connectivity index (χ0v) is 11.2. The third-order valence-corrected chi connectivity index (χ3v) is 2.48. The minimum atomic E-state index is -0.321. The van der Waals surface area contributed by atoms with Crippen LogP contribution in [0.15, 0.2) is 65.9 Å². The van der Waals surface area contributed by atoms with Gasteiger partial charge in [0.2, 0.25) is 16.7 Å². The summed E-state index contributed by atoms with van der Waals surface area (Å²) in [5.41, 5.74) is 0.325. The van der Waals surface area contributed by atoms with Gasteiger partial charge in [0.25, 0.3) is 0 Å². The molecule has 0 bridgehead atoms. The number of carbonyl (C=O) groups is 1.